The number of methoxy groups -OCH3 is 1. The molecule has 1 aliphatic heterocycles. The van der Waals surface area contributed by atoms with Gasteiger partial charge in [-0.1, -0.05) is 6.07 Å². The molecule has 1 fully saturated rings. The Bertz CT molecular complexity index is 1370. The van der Waals surface area contributed by atoms with E-state index >= 15 is 0 Å². The van der Waals surface area contributed by atoms with Gasteiger partial charge >= 0.3 is 6.18 Å². The first-order chi connectivity index (χ1) is 18.4. The fraction of sp³-hybridized carbons (Fsp3) is 0.400. The van der Waals surface area contributed by atoms with E-state index in [0.717, 1.165) is 5.56 Å². The summed E-state index contributed by atoms with van der Waals surface area (Å²) in [5.41, 5.74) is 1.45. The average Bonchev–Trinajstić information content (AvgIpc) is 3.31. The third-order valence-electron chi connectivity index (χ3n) is 6.19. The van der Waals surface area contributed by atoms with E-state index in [1.807, 2.05) is 4.90 Å². The lowest BCUT2D eigenvalue weighted by Gasteiger charge is -2.33. The molecule has 0 atom stereocenters. The molecule has 0 unspecified atom stereocenters. The number of rotatable bonds is 10. The van der Waals surface area contributed by atoms with Crippen LogP contribution in [0, 0.1) is 5.82 Å². The second kappa shape index (κ2) is 11.9. The Hall–Kier alpha value is -3.20. The fourth-order valence-electron chi connectivity index (χ4n) is 4.21. The monoisotopic (exact) mass is 572 g/mol. The molecule has 3 aromatic rings. The number of piperazine rings is 1. The van der Waals surface area contributed by atoms with Crippen LogP contribution >= 0.6 is 0 Å². The number of hydrogen-bond donors (Lipinski definition) is 1. The first kappa shape index (κ1) is 28.8. The van der Waals surface area contributed by atoms with Gasteiger partial charge in [-0.2, -0.15) is 18.2 Å². The second-order valence-corrected chi connectivity index (χ2v) is 10.5. The summed E-state index contributed by atoms with van der Waals surface area (Å²) < 4.78 is 90.7. The van der Waals surface area contributed by atoms with Crippen molar-refractivity contribution in [3.05, 3.63) is 59.5 Å². The molecule has 2 heterocycles. The molecule has 2 aromatic carbocycles. The standard InChI is InChI=1S/C25H28F4N4O5S/c1-36-21-7-2-17(14-22(21)39(30,34)35)8-9-32-10-12-33(13-11-32)24-31-20(15-37-16-25(27,28)29)23(38-24)18-3-5-19(26)6-4-18/h2-7,14H,8-13,15-16H2,1H3,(H2,30,34,35). The van der Waals surface area contributed by atoms with E-state index < -0.39 is 35.2 Å². The number of hydrogen-bond acceptors (Lipinski definition) is 8. The Labute approximate surface area is 223 Å². The Kier molecular flexibility index (Phi) is 8.79. The topological polar surface area (TPSA) is 111 Å². The Morgan fingerprint density at radius 3 is 2.38 bits per heavy atom. The Morgan fingerprint density at radius 2 is 1.77 bits per heavy atom. The molecule has 9 nitrogen and oxygen atoms in total. The van der Waals surface area contributed by atoms with Gasteiger partial charge in [-0.15, -0.1) is 0 Å². The highest BCUT2D eigenvalue weighted by Gasteiger charge is 2.29. The SMILES string of the molecule is COc1ccc(CCN2CCN(c3nc(COCC(F)(F)F)c(-c4ccc(F)cc4)o3)CC2)cc1S(N)(=O)=O. The van der Waals surface area contributed by atoms with E-state index in [9.17, 15) is 26.0 Å². The number of nitrogens with zero attached hydrogens (tertiary/aromatic N) is 3. The first-order valence-electron chi connectivity index (χ1n) is 12.0. The van der Waals surface area contributed by atoms with Crippen LogP contribution < -0.4 is 14.8 Å². The van der Waals surface area contributed by atoms with E-state index in [-0.39, 0.29) is 28.1 Å². The maximum atomic E-state index is 13.4. The van der Waals surface area contributed by atoms with Gasteiger partial charge in [-0.3, -0.25) is 4.90 Å². The van der Waals surface area contributed by atoms with Crippen LogP contribution in [-0.2, 0) is 27.8 Å². The summed E-state index contributed by atoms with van der Waals surface area (Å²) >= 11 is 0. The summed E-state index contributed by atoms with van der Waals surface area (Å²) in [5.74, 6) is -0.0521. The molecule has 0 radical (unpaired) electrons. The summed E-state index contributed by atoms with van der Waals surface area (Å²) in [4.78, 5) is 8.39. The molecular formula is C25H28F4N4O5S. The maximum absolute atomic E-state index is 13.4. The summed E-state index contributed by atoms with van der Waals surface area (Å²) in [6.45, 7) is 1.18. The summed E-state index contributed by atoms with van der Waals surface area (Å²) in [6.07, 6.45) is -3.90. The van der Waals surface area contributed by atoms with Gasteiger partial charge < -0.3 is 18.8 Å². The molecular weight excluding hydrogens is 544 g/mol. The number of nitrogens with two attached hydrogens (primary N) is 1. The first-order valence-corrected chi connectivity index (χ1v) is 13.5. The van der Waals surface area contributed by atoms with Crippen molar-refractivity contribution < 1.29 is 39.9 Å². The van der Waals surface area contributed by atoms with Crippen molar-refractivity contribution >= 4 is 16.0 Å². The van der Waals surface area contributed by atoms with Crippen molar-refractivity contribution in [2.45, 2.75) is 24.1 Å². The normalized spacial score (nSPS) is 15.1. The minimum atomic E-state index is -4.48. The van der Waals surface area contributed by atoms with Crippen LogP contribution in [-0.4, -0.2) is 70.9 Å². The average molecular weight is 573 g/mol. The predicted molar refractivity (Wildman–Crippen MR) is 134 cm³/mol. The number of halogens is 4. The van der Waals surface area contributed by atoms with Gasteiger partial charge in [-0.25, -0.2) is 17.9 Å². The maximum Gasteiger partial charge on any atom is 0.411 e. The molecule has 4 rings (SSSR count). The van der Waals surface area contributed by atoms with Gasteiger partial charge in [0.15, 0.2) is 5.76 Å². The van der Waals surface area contributed by atoms with Gasteiger partial charge in [0.2, 0.25) is 10.0 Å². The number of aromatic nitrogens is 1. The van der Waals surface area contributed by atoms with Crippen molar-refractivity contribution in [3.63, 3.8) is 0 Å². The van der Waals surface area contributed by atoms with Crippen LogP contribution in [0.15, 0.2) is 51.8 Å². The molecule has 0 bridgehead atoms. The molecule has 212 valence electrons. The Balaban J connectivity index is 1.40. The number of anilines is 1. The fourth-order valence-corrected chi connectivity index (χ4v) is 4.96. The number of ether oxygens (including phenoxy) is 2. The number of primary sulfonamides is 1. The van der Waals surface area contributed by atoms with Crippen LogP contribution in [0.4, 0.5) is 23.6 Å². The van der Waals surface area contributed by atoms with E-state index in [1.165, 1.54) is 37.4 Å². The minimum absolute atomic E-state index is 0.0665. The molecule has 14 heteroatoms. The lowest BCUT2D eigenvalue weighted by Crippen LogP contribution is -2.47. The molecule has 0 spiro atoms. The highest BCUT2D eigenvalue weighted by atomic mass is 32.2. The zero-order valence-corrected chi connectivity index (χ0v) is 21.9. The van der Waals surface area contributed by atoms with E-state index in [0.29, 0.717) is 44.7 Å². The number of alkyl halides is 3. The van der Waals surface area contributed by atoms with Gasteiger partial charge in [0, 0.05) is 38.3 Å². The van der Waals surface area contributed by atoms with Crippen molar-refractivity contribution in [1.82, 2.24) is 9.88 Å². The molecule has 0 saturated carbocycles. The minimum Gasteiger partial charge on any atom is -0.495 e. The lowest BCUT2D eigenvalue weighted by molar-refractivity contribution is -0.176. The van der Waals surface area contributed by atoms with Crippen molar-refractivity contribution in [3.8, 4) is 17.1 Å². The van der Waals surface area contributed by atoms with Crippen LogP contribution in [0.3, 0.4) is 0 Å². The molecule has 2 N–H and O–H groups in total. The Morgan fingerprint density at radius 1 is 1.08 bits per heavy atom. The predicted octanol–water partition coefficient (Wildman–Crippen LogP) is 3.58. The molecule has 1 aliphatic rings. The van der Waals surface area contributed by atoms with Gasteiger partial charge in [0.1, 0.15) is 28.8 Å². The highest BCUT2D eigenvalue weighted by molar-refractivity contribution is 7.89. The van der Waals surface area contributed by atoms with Crippen LogP contribution in [0.2, 0.25) is 0 Å². The second-order valence-electron chi connectivity index (χ2n) is 9.00. The van der Waals surface area contributed by atoms with Gasteiger partial charge in [0.05, 0.1) is 13.7 Å². The third-order valence-corrected chi connectivity index (χ3v) is 7.12. The van der Waals surface area contributed by atoms with Crippen LogP contribution in [0.1, 0.15) is 11.3 Å². The molecule has 1 aromatic heterocycles. The summed E-state index contributed by atoms with van der Waals surface area (Å²) in [7, 11) is -2.56. The molecule has 39 heavy (non-hydrogen) atoms. The van der Waals surface area contributed by atoms with Crippen LogP contribution in [0.25, 0.3) is 11.3 Å². The number of oxazole rings is 1. The van der Waals surface area contributed by atoms with Gasteiger partial charge in [0.25, 0.3) is 6.01 Å². The zero-order chi connectivity index (χ0) is 28.2. The van der Waals surface area contributed by atoms with E-state index in [2.05, 4.69) is 9.88 Å². The molecule has 0 aliphatic carbocycles. The quantitative estimate of drug-likeness (QED) is 0.367. The lowest BCUT2D eigenvalue weighted by atomic mass is 10.1. The third kappa shape index (κ3) is 7.68. The number of sulfonamides is 1. The van der Waals surface area contributed by atoms with Crippen LogP contribution in [0.5, 0.6) is 5.75 Å². The van der Waals surface area contributed by atoms with Crippen molar-refractivity contribution in [2.75, 3.05) is 51.3 Å². The van der Waals surface area contributed by atoms with E-state index in [4.69, 9.17) is 19.0 Å². The largest absolute Gasteiger partial charge is 0.495 e. The van der Waals surface area contributed by atoms with E-state index in [1.54, 1.807) is 12.1 Å². The van der Waals surface area contributed by atoms with Gasteiger partial charge in [-0.05, 0) is 48.4 Å². The smallest absolute Gasteiger partial charge is 0.411 e. The zero-order valence-electron chi connectivity index (χ0n) is 21.1. The highest BCUT2D eigenvalue weighted by Crippen LogP contribution is 2.31. The van der Waals surface area contributed by atoms with Crippen molar-refractivity contribution in [2.24, 2.45) is 5.14 Å². The number of benzene rings is 2. The summed E-state index contributed by atoms with van der Waals surface area (Å²) in [5, 5.41) is 5.30. The molecule has 0 amide bonds. The van der Waals surface area contributed by atoms with Crippen molar-refractivity contribution in [1.29, 1.82) is 0 Å². The summed E-state index contributed by atoms with van der Waals surface area (Å²) in [6, 6.07) is 10.5. The molecule has 1 saturated heterocycles.